The molecule has 1 aliphatic rings. The van der Waals surface area contributed by atoms with Crippen LogP contribution in [0.15, 0.2) is 54.6 Å². The van der Waals surface area contributed by atoms with Crippen molar-refractivity contribution in [3.05, 3.63) is 71.5 Å². The maximum atomic E-state index is 13.4. The number of carbonyl (C=O) groups excluding carboxylic acids is 1. The number of hydrogen-bond donors (Lipinski definition) is 0. The molecule has 0 unspecified atom stereocenters. The smallest absolute Gasteiger partial charge is 0.227 e. The van der Waals surface area contributed by atoms with E-state index in [1.54, 1.807) is 12.1 Å². The van der Waals surface area contributed by atoms with E-state index in [4.69, 9.17) is 0 Å². The van der Waals surface area contributed by atoms with E-state index in [2.05, 4.69) is 4.90 Å². The van der Waals surface area contributed by atoms with Crippen LogP contribution in [0.4, 0.5) is 4.39 Å². The van der Waals surface area contributed by atoms with Crippen LogP contribution >= 0.6 is 0 Å². The minimum Gasteiger partial charge on any atom is -0.341 e. The molecule has 1 fully saturated rings. The molecule has 25 heavy (non-hydrogen) atoms. The molecule has 0 saturated carbocycles. The number of benzene rings is 2. The van der Waals surface area contributed by atoms with Crippen molar-refractivity contribution in [3.8, 4) is 0 Å². The van der Waals surface area contributed by atoms with Crippen LogP contribution in [0.2, 0.25) is 0 Å². The van der Waals surface area contributed by atoms with Crippen LogP contribution in [0.1, 0.15) is 24.0 Å². The lowest BCUT2D eigenvalue weighted by Gasteiger charge is -2.34. The van der Waals surface area contributed by atoms with Gasteiger partial charge in [-0.1, -0.05) is 42.5 Å². The summed E-state index contributed by atoms with van der Waals surface area (Å²) in [7, 11) is 1.88. The van der Waals surface area contributed by atoms with Crippen molar-refractivity contribution in [1.82, 2.24) is 9.80 Å². The highest BCUT2D eigenvalue weighted by atomic mass is 19.1. The highest BCUT2D eigenvalue weighted by molar-refractivity contribution is 5.78. The Kier molecular flexibility index (Phi) is 5.82. The fourth-order valence-electron chi connectivity index (χ4n) is 3.54. The second-order valence-electron chi connectivity index (χ2n) is 6.88. The van der Waals surface area contributed by atoms with Crippen LogP contribution in [0.3, 0.4) is 0 Å². The molecule has 1 heterocycles. The fraction of sp³-hybridized carbons (Fsp3) is 0.381. The van der Waals surface area contributed by atoms with Gasteiger partial charge in [0, 0.05) is 26.7 Å². The molecule has 0 radical (unpaired) electrons. The van der Waals surface area contributed by atoms with Crippen LogP contribution in [-0.4, -0.2) is 35.8 Å². The molecule has 1 saturated heterocycles. The van der Waals surface area contributed by atoms with Gasteiger partial charge in [0.05, 0.1) is 5.92 Å². The summed E-state index contributed by atoms with van der Waals surface area (Å²) in [5, 5.41) is 0. The van der Waals surface area contributed by atoms with Crippen molar-refractivity contribution < 1.29 is 9.18 Å². The molecule has 0 aliphatic carbocycles. The molecule has 1 aliphatic heterocycles. The molecule has 0 bridgehead atoms. The standard InChI is InChI=1S/C21H25FN2O/c1-23(14-17-7-3-2-4-8-17)21(25)19-10-6-12-24(16-19)15-18-9-5-11-20(22)13-18/h2-5,7-9,11,13,19H,6,10,12,14-16H2,1H3/t19-/m0/s1. The summed E-state index contributed by atoms with van der Waals surface area (Å²) in [6, 6.07) is 16.8. The Morgan fingerprint density at radius 2 is 1.92 bits per heavy atom. The maximum absolute atomic E-state index is 13.4. The number of carbonyl (C=O) groups is 1. The predicted molar refractivity (Wildman–Crippen MR) is 97.3 cm³/mol. The monoisotopic (exact) mass is 340 g/mol. The maximum Gasteiger partial charge on any atom is 0.227 e. The van der Waals surface area contributed by atoms with Gasteiger partial charge >= 0.3 is 0 Å². The molecule has 2 aromatic rings. The van der Waals surface area contributed by atoms with Crippen LogP contribution in [0.25, 0.3) is 0 Å². The molecule has 132 valence electrons. The lowest BCUT2D eigenvalue weighted by Crippen LogP contribution is -2.43. The quantitative estimate of drug-likeness (QED) is 0.829. The molecule has 0 aromatic heterocycles. The number of likely N-dealkylation sites (tertiary alicyclic amines) is 1. The Bertz CT molecular complexity index is 704. The van der Waals surface area contributed by atoms with E-state index in [-0.39, 0.29) is 17.6 Å². The second kappa shape index (κ2) is 8.26. The van der Waals surface area contributed by atoms with Crippen LogP contribution in [-0.2, 0) is 17.9 Å². The zero-order valence-corrected chi connectivity index (χ0v) is 14.7. The first-order chi connectivity index (χ1) is 12.1. The molecular weight excluding hydrogens is 315 g/mol. The normalized spacial score (nSPS) is 18.1. The van der Waals surface area contributed by atoms with Gasteiger partial charge in [-0.05, 0) is 42.6 Å². The molecule has 3 rings (SSSR count). The lowest BCUT2D eigenvalue weighted by atomic mass is 9.96. The molecule has 2 aromatic carbocycles. The third kappa shape index (κ3) is 4.89. The first-order valence-electron chi connectivity index (χ1n) is 8.87. The minimum atomic E-state index is -0.204. The Morgan fingerprint density at radius 1 is 1.16 bits per heavy atom. The van der Waals surface area contributed by atoms with Gasteiger partial charge in [-0.3, -0.25) is 9.69 Å². The zero-order valence-electron chi connectivity index (χ0n) is 14.7. The largest absolute Gasteiger partial charge is 0.341 e. The van der Waals surface area contributed by atoms with E-state index in [0.717, 1.165) is 37.1 Å². The predicted octanol–water partition coefficient (Wildman–Crippen LogP) is 3.70. The minimum absolute atomic E-state index is 0.0241. The topological polar surface area (TPSA) is 23.6 Å². The first-order valence-corrected chi connectivity index (χ1v) is 8.87. The van der Waals surface area contributed by atoms with Gasteiger partial charge in [-0.2, -0.15) is 0 Å². The van der Waals surface area contributed by atoms with Crippen LogP contribution in [0.5, 0.6) is 0 Å². The van der Waals surface area contributed by atoms with E-state index in [1.165, 1.54) is 6.07 Å². The van der Waals surface area contributed by atoms with E-state index in [9.17, 15) is 9.18 Å². The highest BCUT2D eigenvalue weighted by Gasteiger charge is 2.28. The van der Waals surface area contributed by atoms with Gasteiger partial charge < -0.3 is 4.90 Å². The molecule has 0 spiro atoms. The Balaban J connectivity index is 1.57. The average Bonchev–Trinajstić information content (AvgIpc) is 2.62. The Hall–Kier alpha value is -2.20. The summed E-state index contributed by atoms with van der Waals surface area (Å²) in [6.07, 6.45) is 1.93. The zero-order chi connectivity index (χ0) is 17.6. The molecule has 1 amide bonds. The van der Waals surface area contributed by atoms with Gasteiger partial charge in [0.25, 0.3) is 0 Å². The first kappa shape index (κ1) is 17.6. The number of nitrogens with zero attached hydrogens (tertiary/aromatic N) is 2. The average molecular weight is 340 g/mol. The van der Waals surface area contributed by atoms with E-state index in [1.807, 2.05) is 48.3 Å². The van der Waals surface area contributed by atoms with Crippen LogP contribution in [0, 0.1) is 11.7 Å². The van der Waals surface area contributed by atoms with Crippen LogP contribution < -0.4 is 0 Å². The molecule has 1 atom stereocenters. The molecule has 3 nitrogen and oxygen atoms in total. The summed E-state index contributed by atoms with van der Waals surface area (Å²) >= 11 is 0. The Morgan fingerprint density at radius 3 is 2.68 bits per heavy atom. The van der Waals surface area contributed by atoms with E-state index in [0.29, 0.717) is 13.1 Å². The third-order valence-electron chi connectivity index (χ3n) is 4.79. The second-order valence-corrected chi connectivity index (χ2v) is 6.88. The van der Waals surface area contributed by atoms with Gasteiger partial charge in [0.2, 0.25) is 5.91 Å². The van der Waals surface area contributed by atoms with Gasteiger partial charge in [-0.25, -0.2) is 4.39 Å². The number of halogens is 1. The molecule has 4 heteroatoms. The van der Waals surface area contributed by atoms with Crippen molar-refractivity contribution in [2.24, 2.45) is 5.92 Å². The van der Waals surface area contributed by atoms with Gasteiger partial charge in [0.1, 0.15) is 5.82 Å². The van der Waals surface area contributed by atoms with Crippen molar-refractivity contribution >= 4 is 5.91 Å². The highest BCUT2D eigenvalue weighted by Crippen LogP contribution is 2.21. The van der Waals surface area contributed by atoms with Gasteiger partial charge in [0.15, 0.2) is 0 Å². The number of piperidine rings is 1. The van der Waals surface area contributed by atoms with Crippen molar-refractivity contribution in [2.75, 3.05) is 20.1 Å². The number of amides is 1. The number of hydrogen-bond acceptors (Lipinski definition) is 2. The SMILES string of the molecule is CN(Cc1ccccc1)C(=O)[C@H]1CCCN(Cc2cccc(F)c2)C1. The summed E-state index contributed by atoms with van der Waals surface area (Å²) in [6.45, 7) is 3.04. The molecular formula is C21H25FN2O. The van der Waals surface area contributed by atoms with Crippen molar-refractivity contribution in [3.63, 3.8) is 0 Å². The summed E-state index contributed by atoms with van der Waals surface area (Å²) in [4.78, 5) is 16.9. The fourth-order valence-corrected chi connectivity index (χ4v) is 3.54. The number of rotatable bonds is 5. The summed E-state index contributed by atoms with van der Waals surface area (Å²) in [5.74, 6) is 0.0218. The van der Waals surface area contributed by atoms with Crippen molar-refractivity contribution in [1.29, 1.82) is 0 Å². The summed E-state index contributed by atoms with van der Waals surface area (Å²) < 4.78 is 13.4. The summed E-state index contributed by atoms with van der Waals surface area (Å²) in [5.41, 5.74) is 2.11. The van der Waals surface area contributed by atoms with Gasteiger partial charge in [-0.15, -0.1) is 0 Å². The van der Waals surface area contributed by atoms with Crippen molar-refractivity contribution in [2.45, 2.75) is 25.9 Å². The molecule has 0 N–H and O–H groups in total. The van der Waals surface area contributed by atoms with E-state index >= 15 is 0 Å². The Labute approximate surface area is 149 Å². The third-order valence-corrected chi connectivity index (χ3v) is 4.79. The lowest BCUT2D eigenvalue weighted by molar-refractivity contribution is -0.136. The van der Waals surface area contributed by atoms with E-state index < -0.39 is 0 Å².